The summed E-state index contributed by atoms with van der Waals surface area (Å²) >= 11 is 0. The van der Waals surface area contributed by atoms with E-state index in [9.17, 15) is 0 Å². The Kier molecular flexibility index (Phi) is 5.57. The first kappa shape index (κ1) is 27.1. The maximum atomic E-state index is 5.10. The molecule has 0 saturated carbocycles. The topological polar surface area (TPSA) is 45.5 Å². The lowest BCUT2D eigenvalue weighted by Crippen LogP contribution is -2.03. The van der Waals surface area contributed by atoms with Crippen molar-refractivity contribution in [2.24, 2.45) is 0 Å². The average Bonchev–Trinajstić information content (AvgIpc) is 3.96. The first-order valence-corrected chi connectivity index (χ1v) is 16.8. The molecule has 0 aliphatic rings. The molecule has 5 aromatic heterocycles. The van der Waals surface area contributed by atoms with E-state index in [0.29, 0.717) is 0 Å². The SMILES string of the molecule is c1ccc(-n2ccc3c4c5ccccc5n(-c5cnc(-n6c7ccccc7c7c8ccn(-c9ccccc9)c8ccc76)cn5)c4ccc32)cc1. The monoisotopic (exact) mass is 640 g/mol. The smallest absolute Gasteiger partial charge is 0.156 e. The Morgan fingerprint density at radius 1 is 0.320 bits per heavy atom. The van der Waals surface area contributed by atoms with E-state index < -0.39 is 0 Å². The van der Waals surface area contributed by atoms with E-state index in [1.54, 1.807) is 0 Å². The highest BCUT2D eigenvalue weighted by atomic mass is 15.1. The second kappa shape index (κ2) is 10.3. The average molecular weight is 641 g/mol. The quantitative estimate of drug-likeness (QED) is 0.192. The summed E-state index contributed by atoms with van der Waals surface area (Å²) < 4.78 is 8.99. The molecule has 5 heterocycles. The fraction of sp³-hybridized carbons (Fsp3) is 0. The molecule has 11 aromatic rings. The number of hydrogen-bond donors (Lipinski definition) is 0. The van der Waals surface area contributed by atoms with E-state index in [1.165, 1.54) is 43.4 Å². The van der Waals surface area contributed by atoms with Crippen molar-refractivity contribution in [2.45, 2.75) is 0 Å². The van der Waals surface area contributed by atoms with Crippen LogP contribution in [-0.4, -0.2) is 28.2 Å². The van der Waals surface area contributed by atoms with Gasteiger partial charge in [-0.1, -0.05) is 72.8 Å². The Morgan fingerprint density at radius 2 is 0.700 bits per heavy atom. The minimum atomic E-state index is 0.782. The minimum absolute atomic E-state index is 0.782. The van der Waals surface area contributed by atoms with E-state index in [-0.39, 0.29) is 0 Å². The van der Waals surface area contributed by atoms with Crippen molar-refractivity contribution in [3.63, 3.8) is 0 Å². The van der Waals surface area contributed by atoms with E-state index in [1.807, 2.05) is 12.4 Å². The van der Waals surface area contributed by atoms with Gasteiger partial charge < -0.3 is 9.13 Å². The zero-order chi connectivity index (χ0) is 32.8. The van der Waals surface area contributed by atoms with E-state index in [2.05, 4.69) is 176 Å². The third kappa shape index (κ3) is 3.73. The predicted octanol–water partition coefficient (Wildman–Crippen LogP) is 10.6. The van der Waals surface area contributed by atoms with Crippen LogP contribution in [0.15, 0.2) is 170 Å². The normalized spacial score (nSPS) is 12.0. The van der Waals surface area contributed by atoms with E-state index >= 15 is 0 Å². The lowest BCUT2D eigenvalue weighted by Gasteiger charge is -2.10. The van der Waals surface area contributed by atoms with Crippen LogP contribution in [0.5, 0.6) is 0 Å². The molecule has 0 saturated heterocycles. The van der Waals surface area contributed by atoms with Crippen molar-refractivity contribution in [3.8, 4) is 23.0 Å². The van der Waals surface area contributed by atoms with Crippen molar-refractivity contribution in [1.82, 2.24) is 28.2 Å². The molecule has 50 heavy (non-hydrogen) atoms. The summed E-state index contributed by atoms with van der Waals surface area (Å²) in [7, 11) is 0. The summed E-state index contributed by atoms with van der Waals surface area (Å²) in [5.74, 6) is 1.56. The molecule has 6 nitrogen and oxygen atoms in total. The molecule has 0 spiro atoms. The highest BCUT2D eigenvalue weighted by Crippen LogP contribution is 2.39. The first-order valence-electron chi connectivity index (χ1n) is 16.8. The summed E-state index contributed by atoms with van der Waals surface area (Å²) in [5.41, 5.74) is 9.05. The zero-order valence-electron chi connectivity index (χ0n) is 26.8. The number of rotatable bonds is 4. The van der Waals surface area contributed by atoms with Crippen LogP contribution in [0.3, 0.4) is 0 Å². The van der Waals surface area contributed by atoms with Gasteiger partial charge >= 0.3 is 0 Å². The summed E-state index contributed by atoms with van der Waals surface area (Å²) in [6.45, 7) is 0. The molecule has 0 aliphatic heterocycles. The Bertz CT molecular complexity index is 2860. The van der Waals surface area contributed by atoms with Crippen LogP contribution in [0.4, 0.5) is 0 Å². The van der Waals surface area contributed by atoms with Gasteiger partial charge in [0.05, 0.1) is 45.5 Å². The first-order chi connectivity index (χ1) is 24.8. The molecule has 234 valence electrons. The molecular weight excluding hydrogens is 613 g/mol. The molecule has 6 aromatic carbocycles. The van der Waals surface area contributed by atoms with Crippen molar-refractivity contribution in [1.29, 1.82) is 0 Å². The zero-order valence-corrected chi connectivity index (χ0v) is 26.8. The van der Waals surface area contributed by atoms with Crippen molar-refractivity contribution >= 4 is 65.4 Å². The maximum Gasteiger partial charge on any atom is 0.156 e. The third-order valence-corrected chi connectivity index (χ3v) is 10.2. The lowest BCUT2D eigenvalue weighted by molar-refractivity contribution is 0.989. The van der Waals surface area contributed by atoms with Crippen LogP contribution >= 0.6 is 0 Å². The third-order valence-electron chi connectivity index (χ3n) is 10.2. The number of nitrogens with zero attached hydrogens (tertiary/aromatic N) is 6. The lowest BCUT2D eigenvalue weighted by atomic mass is 10.1. The van der Waals surface area contributed by atoms with Gasteiger partial charge in [-0.15, -0.1) is 0 Å². The molecule has 0 unspecified atom stereocenters. The molecular formula is C44H28N6. The second-order valence-corrected chi connectivity index (χ2v) is 12.8. The molecule has 0 atom stereocenters. The number of benzene rings is 6. The summed E-state index contributed by atoms with van der Waals surface area (Å²) in [5, 5.41) is 7.24. The van der Waals surface area contributed by atoms with Crippen LogP contribution < -0.4 is 0 Å². The van der Waals surface area contributed by atoms with Gasteiger partial charge in [0.1, 0.15) is 0 Å². The highest BCUT2D eigenvalue weighted by Gasteiger charge is 2.20. The van der Waals surface area contributed by atoms with Crippen LogP contribution in [0.25, 0.3) is 88.4 Å². The Morgan fingerprint density at radius 3 is 1.14 bits per heavy atom. The van der Waals surface area contributed by atoms with Gasteiger partial charge in [-0.2, -0.15) is 0 Å². The number of aromatic nitrogens is 6. The van der Waals surface area contributed by atoms with Gasteiger partial charge in [-0.25, -0.2) is 9.97 Å². The molecule has 0 amide bonds. The van der Waals surface area contributed by atoms with Gasteiger partial charge in [0, 0.05) is 56.1 Å². The van der Waals surface area contributed by atoms with Crippen LogP contribution in [0.1, 0.15) is 0 Å². The van der Waals surface area contributed by atoms with Crippen LogP contribution in [0, 0.1) is 0 Å². The second-order valence-electron chi connectivity index (χ2n) is 12.8. The Balaban J connectivity index is 1.09. The van der Waals surface area contributed by atoms with Gasteiger partial charge in [-0.05, 0) is 72.8 Å². The van der Waals surface area contributed by atoms with Gasteiger partial charge in [-0.3, -0.25) is 9.13 Å². The fourth-order valence-corrected chi connectivity index (χ4v) is 8.04. The van der Waals surface area contributed by atoms with Crippen molar-refractivity contribution in [3.05, 3.63) is 170 Å². The number of hydrogen-bond acceptors (Lipinski definition) is 2. The Labute approximate surface area is 286 Å². The standard InChI is InChI=1S/C44H28N6/c1-3-11-29(12-4-1)47-25-23-33-35(47)19-21-39-43(33)31-15-7-9-17-37(31)49(39)41-27-46-42(28-45-41)50-38-18-10-8-16-32(38)44-34-24-26-48(30-13-5-2-6-14-30)36(34)20-22-40(44)50/h1-28H. The fourth-order valence-electron chi connectivity index (χ4n) is 8.04. The van der Waals surface area contributed by atoms with Crippen molar-refractivity contribution < 1.29 is 0 Å². The highest BCUT2D eigenvalue weighted by molar-refractivity contribution is 6.22. The minimum Gasteiger partial charge on any atom is -0.317 e. The molecule has 11 rings (SSSR count). The summed E-state index contributed by atoms with van der Waals surface area (Å²) in [4.78, 5) is 10.2. The van der Waals surface area contributed by atoms with Crippen LogP contribution in [0.2, 0.25) is 0 Å². The molecule has 0 aliphatic carbocycles. The summed E-state index contributed by atoms with van der Waals surface area (Å²) in [6, 6.07) is 51.5. The van der Waals surface area contributed by atoms with Gasteiger partial charge in [0.2, 0.25) is 0 Å². The number of fused-ring (bicyclic) bond motifs is 10. The Hall–Kier alpha value is -6.92. The van der Waals surface area contributed by atoms with E-state index in [0.717, 1.165) is 45.1 Å². The van der Waals surface area contributed by atoms with Crippen molar-refractivity contribution in [2.75, 3.05) is 0 Å². The van der Waals surface area contributed by atoms with Gasteiger partial charge in [0.15, 0.2) is 11.6 Å². The molecule has 0 fully saturated rings. The number of para-hydroxylation sites is 4. The van der Waals surface area contributed by atoms with Gasteiger partial charge in [0.25, 0.3) is 0 Å². The molecule has 6 heteroatoms. The summed E-state index contributed by atoms with van der Waals surface area (Å²) in [6.07, 6.45) is 8.14. The van der Waals surface area contributed by atoms with Crippen LogP contribution in [-0.2, 0) is 0 Å². The predicted molar refractivity (Wildman–Crippen MR) is 204 cm³/mol. The molecule has 0 radical (unpaired) electrons. The maximum absolute atomic E-state index is 5.10. The van der Waals surface area contributed by atoms with E-state index in [4.69, 9.17) is 9.97 Å². The molecule has 0 bridgehead atoms. The largest absolute Gasteiger partial charge is 0.317 e. The molecule has 0 N–H and O–H groups in total.